The molecule has 0 bridgehead atoms. The van der Waals surface area contributed by atoms with Crippen LogP contribution in [-0.4, -0.2) is 31.1 Å². The molecule has 2 aromatic carbocycles. The van der Waals surface area contributed by atoms with E-state index in [2.05, 4.69) is 15.6 Å². The first-order chi connectivity index (χ1) is 13.9. The molecule has 0 aliphatic heterocycles. The van der Waals surface area contributed by atoms with E-state index in [0.29, 0.717) is 17.1 Å². The molecule has 29 heavy (non-hydrogen) atoms. The van der Waals surface area contributed by atoms with Crippen LogP contribution >= 0.6 is 0 Å². The number of aromatic nitrogens is 1. The summed E-state index contributed by atoms with van der Waals surface area (Å²) in [4.78, 5) is 18.8. The summed E-state index contributed by atoms with van der Waals surface area (Å²) in [6, 6.07) is 18.9. The van der Waals surface area contributed by atoms with E-state index < -0.39 is 0 Å². The summed E-state index contributed by atoms with van der Waals surface area (Å²) in [5.74, 6) is 1.24. The minimum Gasteiger partial charge on any atom is -0.491 e. The number of nitrogens with one attached hydrogen (secondary N) is 2. The van der Waals surface area contributed by atoms with Crippen LogP contribution < -0.4 is 20.3 Å². The van der Waals surface area contributed by atoms with Crippen molar-refractivity contribution < 1.29 is 9.53 Å². The Hall–Kier alpha value is -3.54. The van der Waals surface area contributed by atoms with Crippen LogP contribution in [0.4, 0.5) is 22.9 Å². The van der Waals surface area contributed by atoms with Gasteiger partial charge in [0.15, 0.2) is 0 Å². The number of pyridine rings is 1. The first-order valence-electron chi connectivity index (χ1n) is 9.49. The molecule has 0 aliphatic carbocycles. The van der Waals surface area contributed by atoms with Crippen molar-refractivity contribution in [3.8, 4) is 5.75 Å². The molecule has 0 aliphatic rings. The van der Waals surface area contributed by atoms with Gasteiger partial charge in [-0.05, 0) is 74.5 Å². The molecule has 6 nitrogen and oxygen atoms in total. The van der Waals surface area contributed by atoms with Gasteiger partial charge in [-0.2, -0.15) is 0 Å². The molecule has 1 heterocycles. The normalized spacial score (nSPS) is 10.5. The van der Waals surface area contributed by atoms with Crippen molar-refractivity contribution in [3.05, 3.63) is 72.4 Å². The molecule has 2 N–H and O–H groups in total. The fraction of sp³-hybridized carbons (Fsp3) is 0.217. The first kappa shape index (κ1) is 20.2. The second-order valence-electron chi connectivity index (χ2n) is 7.14. The fourth-order valence-corrected chi connectivity index (χ4v) is 2.69. The Morgan fingerprint density at radius 3 is 2.14 bits per heavy atom. The molecule has 0 radical (unpaired) electrons. The van der Waals surface area contributed by atoms with E-state index in [0.717, 1.165) is 17.1 Å². The van der Waals surface area contributed by atoms with E-state index in [1.807, 2.05) is 81.4 Å². The molecule has 0 atom stereocenters. The van der Waals surface area contributed by atoms with Crippen molar-refractivity contribution in [2.75, 3.05) is 29.6 Å². The molecule has 1 amide bonds. The van der Waals surface area contributed by atoms with Crippen LogP contribution in [-0.2, 0) is 0 Å². The largest absolute Gasteiger partial charge is 0.491 e. The highest BCUT2D eigenvalue weighted by atomic mass is 16.5. The molecule has 0 unspecified atom stereocenters. The summed E-state index contributed by atoms with van der Waals surface area (Å²) in [5.41, 5.74) is 3.25. The molecular formula is C23H26N4O2. The maximum absolute atomic E-state index is 12.4. The summed E-state index contributed by atoms with van der Waals surface area (Å²) < 4.78 is 5.61. The summed E-state index contributed by atoms with van der Waals surface area (Å²) >= 11 is 0. The minimum atomic E-state index is -0.211. The van der Waals surface area contributed by atoms with Crippen LogP contribution in [0.3, 0.4) is 0 Å². The van der Waals surface area contributed by atoms with Crippen molar-refractivity contribution in [2.24, 2.45) is 0 Å². The minimum absolute atomic E-state index is 0.111. The fourth-order valence-electron chi connectivity index (χ4n) is 2.69. The van der Waals surface area contributed by atoms with Gasteiger partial charge in [-0.1, -0.05) is 0 Å². The molecule has 0 spiro atoms. The van der Waals surface area contributed by atoms with Crippen LogP contribution in [0.1, 0.15) is 24.2 Å². The number of hydrogen-bond acceptors (Lipinski definition) is 5. The van der Waals surface area contributed by atoms with E-state index in [-0.39, 0.29) is 12.0 Å². The molecular weight excluding hydrogens is 364 g/mol. The lowest BCUT2D eigenvalue weighted by molar-refractivity contribution is 0.102. The highest BCUT2D eigenvalue weighted by Crippen LogP contribution is 2.20. The first-order valence-corrected chi connectivity index (χ1v) is 9.49. The van der Waals surface area contributed by atoms with Gasteiger partial charge in [-0.25, -0.2) is 4.98 Å². The van der Waals surface area contributed by atoms with Gasteiger partial charge in [0.25, 0.3) is 5.91 Å². The number of benzene rings is 2. The zero-order valence-electron chi connectivity index (χ0n) is 17.1. The van der Waals surface area contributed by atoms with Crippen LogP contribution in [0.15, 0.2) is 66.9 Å². The number of hydrogen-bond donors (Lipinski definition) is 2. The van der Waals surface area contributed by atoms with Gasteiger partial charge in [0.05, 0.1) is 11.7 Å². The monoisotopic (exact) mass is 390 g/mol. The zero-order chi connectivity index (χ0) is 20.8. The third-order valence-corrected chi connectivity index (χ3v) is 4.17. The highest BCUT2D eigenvalue weighted by Gasteiger charge is 2.08. The number of ether oxygens (including phenoxy) is 1. The zero-order valence-corrected chi connectivity index (χ0v) is 17.1. The maximum Gasteiger partial charge on any atom is 0.257 e. The lowest BCUT2D eigenvalue weighted by Crippen LogP contribution is -2.12. The molecule has 0 fully saturated rings. The summed E-state index contributed by atoms with van der Waals surface area (Å²) in [5, 5.41) is 6.10. The van der Waals surface area contributed by atoms with E-state index in [9.17, 15) is 4.79 Å². The van der Waals surface area contributed by atoms with Crippen molar-refractivity contribution in [1.82, 2.24) is 4.98 Å². The lowest BCUT2D eigenvalue weighted by atomic mass is 10.2. The maximum atomic E-state index is 12.4. The van der Waals surface area contributed by atoms with Crippen molar-refractivity contribution in [2.45, 2.75) is 20.0 Å². The topological polar surface area (TPSA) is 66.5 Å². The standard InChI is InChI=1S/C23H26N4O2/c1-16(2)29-21-12-8-19(9-13-21)26-23(28)17-5-14-22(24-15-17)25-18-6-10-20(11-7-18)27(3)4/h5-16H,1-4H3,(H,24,25)(H,26,28). The predicted molar refractivity (Wildman–Crippen MR) is 118 cm³/mol. The van der Waals surface area contributed by atoms with Gasteiger partial charge in [-0.3, -0.25) is 4.79 Å². The summed E-state index contributed by atoms with van der Waals surface area (Å²) in [6.45, 7) is 3.94. The number of amides is 1. The molecule has 3 aromatic rings. The lowest BCUT2D eigenvalue weighted by Gasteiger charge is -2.13. The Morgan fingerprint density at radius 2 is 1.59 bits per heavy atom. The van der Waals surface area contributed by atoms with E-state index >= 15 is 0 Å². The molecule has 1 aromatic heterocycles. The highest BCUT2D eigenvalue weighted by molar-refractivity contribution is 6.04. The van der Waals surface area contributed by atoms with Crippen LogP contribution in [0.25, 0.3) is 0 Å². The second-order valence-corrected chi connectivity index (χ2v) is 7.14. The van der Waals surface area contributed by atoms with Crippen LogP contribution in [0.2, 0.25) is 0 Å². The number of anilines is 4. The average molecular weight is 390 g/mol. The summed E-state index contributed by atoms with van der Waals surface area (Å²) in [6.07, 6.45) is 1.67. The third kappa shape index (κ3) is 5.72. The summed E-state index contributed by atoms with van der Waals surface area (Å²) in [7, 11) is 4.00. The predicted octanol–water partition coefficient (Wildman–Crippen LogP) is 4.93. The van der Waals surface area contributed by atoms with E-state index in [1.165, 1.54) is 0 Å². The molecule has 0 saturated heterocycles. The van der Waals surface area contributed by atoms with Gasteiger partial charge in [0, 0.05) is 37.4 Å². The number of carbonyl (C=O) groups is 1. The molecule has 6 heteroatoms. The second kappa shape index (κ2) is 9.10. The van der Waals surface area contributed by atoms with Gasteiger partial charge in [0.1, 0.15) is 11.6 Å². The van der Waals surface area contributed by atoms with Crippen molar-refractivity contribution in [1.29, 1.82) is 0 Å². The molecule has 0 saturated carbocycles. The Morgan fingerprint density at radius 1 is 0.931 bits per heavy atom. The number of carbonyl (C=O) groups excluding carboxylic acids is 1. The Balaban J connectivity index is 1.59. The number of nitrogens with zero attached hydrogens (tertiary/aromatic N) is 2. The van der Waals surface area contributed by atoms with Crippen LogP contribution in [0, 0.1) is 0 Å². The van der Waals surface area contributed by atoms with Gasteiger partial charge >= 0.3 is 0 Å². The molecule has 150 valence electrons. The third-order valence-electron chi connectivity index (χ3n) is 4.17. The smallest absolute Gasteiger partial charge is 0.257 e. The Kier molecular flexibility index (Phi) is 6.34. The van der Waals surface area contributed by atoms with E-state index in [1.54, 1.807) is 18.3 Å². The van der Waals surface area contributed by atoms with Gasteiger partial charge < -0.3 is 20.3 Å². The number of rotatable bonds is 7. The van der Waals surface area contributed by atoms with Gasteiger partial charge in [-0.15, -0.1) is 0 Å². The van der Waals surface area contributed by atoms with Crippen molar-refractivity contribution >= 4 is 28.8 Å². The Bertz CT molecular complexity index is 934. The SMILES string of the molecule is CC(C)Oc1ccc(NC(=O)c2ccc(Nc3ccc(N(C)C)cc3)nc2)cc1. The van der Waals surface area contributed by atoms with Crippen LogP contribution in [0.5, 0.6) is 5.75 Å². The quantitative estimate of drug-likeness (QED) is 0.599. The Labute approximate surface area is 171 Å². The van der Waals surface area contributed by atoms with E-state index in [4.69, 9.17) is 4.74 Å². The van der Waals surface area contributed by atoms with Gasteiger partial charge in [0.2, 0.25) is 0 Å². The average Bonchev–Trinajstić information content (AvgIpc) is 2.70. The molecule has 3 rings (SSSR count). The van der Waals surface area contributed by atoms with Crippen molar-refractivity contribution in [3.63, 3.8) is 0 Å².